The molecule has 0 aliphatic rings. The van der Waals surface area contributed by atoms with Crippen LogP contribution >= 0.6 is 74.0 Å². The van der Waals surface area contributed by atoms with Crippen molar-refractivity contribution in [2.24, 2.45) is 0 Å². The van der Waals surface area contributed by atoms with Gasteiger partial charge in [-0.1, -0.05) is 221 Å². The summed E-state index contributed by atoms with van der Waals surface area (Å²) in [6, 6.07) is 81.2. The first-order chi connectivity index (χ1) is 46.3. The number of hydrogen-bond donors (Lipinski definition) is 0. The number of rotatable bonds is 14. The number of methoxy groups -OCH3 is 2. The van der Waals surface area contributed by atoms with Crippen molar-refractivity contribution in [3.05, 3.63) is 326 Å². The molecule has 23 heteroatoms. The van der Waals surface area contributed by atoms with Crippen LogP contribution in [0.3, 0.4) is 0 Å². The fourth-order valence-corrected chi connectivity index (χ4v) is 17.7. The molecule has 0 atom stereocenters. The second kappa shape index (κ2) is 39.1. The Morgan fingerprint density at radius 3 is 1.12 bits per heavy atom. The van der Waals surface area contributed by atoms with E-state index < -0.39 is 50.0 Å². The van der Waals surface area contributed by atoms with Crippen LogP contribution in [0.15, 0.2) is 267 Å². The van der Waals surface area contributed by atoms with Gasteiger partial charge in [-0.25, -0.2) is 14.8 Å². The van der Waals surface area contributed by atoms with Crippen LogP contribution in [0.1, 0.15) is 37.5 Å². The van der Waals surface area contributed by atoms with Crippen LogP contribution in [-0.2, 0) is 37.2 Å². The fourth-order valence-electron chi connectivity index (χ4n) is 9.46. The molecular weight excluding hydrogens is 1600 g/mol. The molecule has 0 radical (unpaired) electrons. The van der Waals surface area contributed by atoms with Gasteiger partial charge >= 0.3 is 129 Å². The van der Waals surface area contributed by atoms with E-state index in [1.165, 1.54) is 76.8 Å². The number of aromatic nitrogens is 4. The smallest absolute Gasteiger partial charge is 0.0134 e. The minimum Gasteiger partial charge on any atom is -0.0622 e. The predicted molar refractivity (Wildman–Crippen MR) is 398 cm³/mol. The predicted octanol–water partition coefficient (Wildman–Crippen LogP) is 16.9. The van der Waals surface area contributed by atoms with E-state index >= 15 is 0 Å². The van der Waals surface area contributed by atoms with Crippen molar-refractivity contribution in [3.63, 3.8) is 0 Å². The molecule has 0 fully saturated rings. The zero-order chi connectivity index (χ0) is 69.0. The zero-order valence-electron chi connectivity index (χ0n) is 52.4. The number of carbonyl (C=O) groups excluding carboxylic acids is 2. The molecule has 0 bridgehead atoms. The van der Waals surface area contributed by atoms with Gasteiger partial charge in [0.25, 0.3) is 11.4 Å². The van der Waals surface area contributed by atoms with Crippen molar-refractivity contribution in [2.75, 3.05) is 14.2 Å². The Bertz CT molecular complexity index is 4190. The first kappa shape index (κ1) is 76.0. The number of halogens is 5. The van der Waals surface area contributed by atoms with Gasteiger partial charge in [0.2, 0.25) is 0 Å². The van der Waals surface area contributed by atoms with E-state index in [-0.39, 0.29) is 38.8 Å². The van der Waals surface area contributed by atoms with Crippen molar-refractivity contribution in [3.8, 4) is 0 Å². The summed E-state index contributed by atoms with van der Waals surface area (Å²) < 4.78 is 10.4. The van der Waals surface area contributed by atoms with Gasteiger partial charge in [0, 0.05) is 58.9 Å². The quantitative estimate of drug-likeness (QED) is 0.0250. The van der Waals surface area contributed by atoms with Crippen molar-refractivity contribution >= 4 is 173 Å². The molecule has 4 aromatic heterocycles. The molecule has 96 heavy (non-hydrogen) atoms. The Balaban J connectivity index is 0.000000170. The van der Waals surface area contributed by atoms with E-state index in [4.69, 9.17) is 42.3 Å². The Morgan fingerprint density at radius 2 is 0.802 bits per heavy atom. The first-order valence-corrected chi connectivity index (χ1v) is 47.7. The van der Waals surface area contributed by atoms with E-state index in [9.17, 15) is 29.8 Å². The number of non-ortho nitro benzene ring substituents is 2. The third kappa shape index (κ3) is 22.9. The summed E-state index contributed by atoms with van der Waals surface area (Å²) in [5, 5.41) is 33.3. The molecule has 4 heterocycles. The maximum atomic E-state index is 11.6. The molecule has 0 saturated carbocycles. The average molecular weight is 1660 g/mol. The molecule has 492 valence electrons. The Hall–Kier alpha value is -7.42. The SMILES string of the molecule is COC(=O)c1ccn[c]([Sn]([CH3])([CH3])[CH3])c1.COC(=O)c1ccnc(Cc2cc([N+](=O)[O-])c3ncc(Cl)cc3c2)c1.O=[N+]([O-])c1cc(CBr)cc2cc(Cl)cnc12.[Cl][Pd][Cl].c1ccc(P(c2ccccc2)c2ccccc2)cc1.c1ccc(P(c2ccccc2)c2ccccc2)cc1. The van der Waals surface area contributed by atoms with Gasteiger partial charge in [-0.2, -0.15) is 0 Å². The van der Waals surface area contributed by atoms with Crippen LogP contribution in [0, 0.1) is 20.2 Å². The second-order valence-electron chi connectivity index (χ2n) is 21.4. The summed E-state index contributed by atoms with van der Waals surface area (Å²) in [5.41, 5.74) is 3.58. The molecule has 8 aromatic carbocycles. The molecule has 12 rings (SSSR count). The van der Waals surface area contributed by atoms with Crippen molar-refractivity contribution in [1.29, 1.82) is 0 Å². The van der Waals surface area contributed by atoms with Gasteiger partial charge in [0.05, 0.1) is 32.6 Å². The van der Waals surface area contributed by atoms with Gasteiger partial charge in [-0.05, 0) is 95.2 Å². The molecule has 0 unspecified atom stereocenters. The number of pyridine rings is 4. The topological polar surface area (TPSA) is 190 Å². The van der Waals surface area contributed by atoms with Crippen LogP contribution < -0.4 is 35.5 Å². The van der Waals surface area contributed by atoms with Crippen molar-refractivity contribution in [2.45, 2.75) is 26.6 Å². The molecule has 0 N–H and O–H groups in total. The minimum atomic E-state index is -2.15. The average Bonchev–Trinajstić information content (AvgIpc) is 0.834. The number of benzene rings is 8. The Morgan fingerprint density at radius 1 is 0.479 bits per heavy atom. The van der Waals surface area contributed by atoms with Gasteiger partial charge in [-0.3, -0.25) is 25.2 Å². The van der Waals surface area contributed by atoms with Crippen molar-refractivity contribution < 1.29 is 44.8 Å². The third-order valence-corrected chi connectivity index (χ3v) is 24.9. The van der Waals surface area contributed by atoms with E-state index in [0.717, 1.165) is 9.27 Å². The third-order valence-electron chi connectivity index (χ3n) is 13.8. The van der Waals surface area contributed by atoms with E-state index in [1.807, 2.05) is 12.1 Å². The minimum absolute atomic E-state index is 0.00335. The largest absolute Gasteiger partial charge is 0.0622 e. The number of nitro benzene ring substituents is 2. The van der Waals surface area contributed by atoms with E-state index in [1.54, 1.807) is 42.6 Å². The van der Waals surface area contributed by atoms with Crippen molar-refractivity contribution in [1.82, 2.24) is 19.9 Å². The molecule has 0 amide bonds. The van der Waals surface area contributed by atoms with Gasteiger partial charge < -0.3 is 4.74 Å². The summed E-state index contributed by atoms with van der Waals surface area (Å²) in [6.07, 6.45) is 6.27. The van der Waals surface area contributed by atoms with Gasteiger partial charge in [0.15, 0.2) is 0 Å². The van der Waals surface area contributed by atoms with E-state index in [2.05, 4.69) is 242 Å². The summed E-state index contributed by atoms with van der Waals surface area (Å²) in [6.45, 7) is 0. The second-order valence-corrected chi connectivity index (χ2v) is 44.0. The van der Waals surface area contributed by atoms with E-state index in [0.29, 0.717) is 60.5 Å². The van der Waals surface area contributed by atoms with Crippen LogP contribution in [-0.4, -0.2) is 74.3 Å². The molecule has 0 aliphatic carbocycles. The molecule has 0 saturated heterocycles. The van der Waals surface area contributed by atoms with Crippen LogP contribution in [0.5, 0.6) is 0 Å². The molecule has 14 nitrogen and oxygen atoms in total. The summed E-state index contributed by atoms with van der Waals surface area (Å²) in [7, 11) is 11.4. The first-order valence-electron chi connectivity index (χ1n) is 29.2. The molecule has 12 aromatic rings. The number of nitrogens with zero attached hydrogens (tertiary/aromatic N) is 6. The van der Waals surface area contributed by atoms with Crippen LogP contribution in [0.2, 0.25) is 24.9 Å². The molecular formula is C73H63BrCl4N6O8P2PdSn. The van der Waals surface area contributed by atoms with Crippen LogP contribution in [0.4, 0.5) is 11.4 Å². The standard InChI is InChI=1S/2C18H15P.C17H12ClN3O4.C10H6BrClN2O2.C7H6NO2.3CH3.2ClH.Pd.Sn/c2*1-4-10-16(11-5-1)19(17-12-6-2-7-13-17)18-14-8-3-9-15-18;1-25-17(22)11-2-3-19-14(8-11)5-10-4-12-7-13(18)9-20-16(12)15(6-10)21(23)24;11-4-6-1-7-3-8(12)5-13-10(7)9(2-6)14(15)16;1-10-7(9)6-2-4-8-5-3-6;;;;;;;/h2*1-15H;2-4,6-9H,5H2,1H3;1-3,5H,4H2;2-4H,1H3;3*1H3;2*1H;;/q;;;;;;;;;;+2;/p-2. The number of esters is 2. The van der Waals surface area contributed by atoms with Gasteiger partial charge in [0.1, 0.15) is 11.0 Å². The number of fused-ring (bicyclic) bond motifs is 2. The monoisotopic (exact) mass is 1660 g/mol. The molecule has 0 aliphatic heterocycles. The summed E-state index contributed by atoms with van der Waals surface area (Å²) >= 11 is 12.7. The number of nitro groups is 2. The van der Waals surface area contributed by atoms with Gasteiger partial charge in [-0.15, -0.1) is 0 Å². The number of ether oxygens (including phenoxy) is 2. The maximum absolute atomic E-state index is 11.6. The number of hydrogen-bond acceptors (Lipinski definition) is 12. The normalized spacial score (nSPS) is 10.6. The number of alkyl halides is 1. The summed E-state index contributed by atoms with van der Waals surface area (Å²) in [5.74, 6) is -0.756. The zero-order valence-corrected chi connectivity index (χ0v) is 63.2. The Labute approximate surface area is 598 Å². The fraction of sp³-hybridized carbons (Fsp3) is 0.0959. The summed E-state index contributed by atoms with van der Waals surface area (Å²) in [4.78, 5) is 67.5. The number of carbonyl (C=O) groups is 2. The molecule has 0 spiro atoms. The maximum Gasteiger partial charge on any atom is -0.0134 e. The Kier molecular flexibility index (Phi) is 30.9. The van der Waals surface area contributed by atoms with Crippen LogP contribution in [0.25, 0.3) is 21.8 Å².